The number of amides is 1. The predicted molar refractivity (Wildman–Crippen MR) is 99.3 cm³/mol. The lowest BCUT2D eigenvalue weighted by atomic mass is 10.1. The summed E-state index contributed by atoms with van der Waals surface area (Å²) < 4.78 is 0. The molecule has 1 atom stereocenters. The Bertz CT molecular complexity index is 665. The van der Waals surface area contributed by atoms with Crippen molar-refractivity contribution in [1.29, 1.82) is 0 Å². The van der Waals surface area contributed by atoms with E-state index in [9.17, 15) is 4.79 Å². The molecule has 0 bridgehead atoms. The number of likely N-dealkylation sites (N-methyl/N-ethyl adjacent to an activating group) is 1. The fourth-order valence-electron chi connectivity index (χ4n) is 2.66. The fourth-order valence-corrected chi connectivity index (χ4v) is 2.66. The summed E-state index contributed by atoms with van der Waals surface area (Å²) in [5, 5.41) is 3.01. The third-order valence-corrected chi connectivity index (χ3v) is 4.16. The topological polar surface area (TPSA) is 36.8 Å². The van der Waals surface area contributed by atoms with Crippen LogP contribution in [-0.4, -0.2) is 33.6 Å². The number of anilines is 1. The molecule has 2 N–H and O–H groups in total. The van der Waals surface area contributed by atoms with Gasteiger partial charge >= 0.3 is 0 Å². The molecule has 1 amide bonds. The summed E-state index contributed by atoms with van der Waals surface area (Å²) in [5.74, 6) is 0.0839. The van der Waals surface area contributed by atoms with Gasteiger partial charge in [-0.1, -0.05) is 36.4 Å². The minimum absolute atomic E-state index is 0.0839. The zero-order valence-corrected chi connectivity index (χ0v) is 15.1. The number of nitrogens with zero attached hydrogens (tertiary/aromatic N) is 1. The number of rotatable bonds is 7. The first-order chi connectivity index (χ1) is 11.5. The summed E-state index contributed by atoms with van der Waals surface area (Å²) in [6.07, 6.45) is 0. The molecule has 2 rings (SSSR count). The molecular weight excluding hydrogens is 298 g/mol. The molecule has 1 unspecified atom stereocenters. The van der Waals surface area contributed by atoms with Crippen molar-refractivity contribution in [3.05, 3.63) is 65.2 Å². The van der Waals surface area contributed by atoms with Gasteiger partial charge in [0, 0.05) is 31.9 Å². The van der Waals surface area contributed by atoms with Crippen LogP contribution >= 0.6 is 0 Å². The lowest BCUT2D eigenvalue weighted by Crippen LogP contribution is -3.08. The van der Waals surface area contributed by atoms with Crippen LogP contribution in [0.25, 0.3) is 0 Å². The maximum atomic E-state index is 12.1. The van der Waals surface area contributed by atoms with E-state index in [1.165, 1.54) is 27.3 Å². The molecule has 0 saturated carbocycles. The van der Waals surface area contributed by atoms with Crippen LogP contribution in [0.15, 0.2) is 48.5 Å². The third kappa shape index (κ3) is 5.39. The van der Waals surface area contributed by atoms with Gasteiger partial charge in [0.2, 0.25) is 0 Å². The van der Waals surface area contributed by atoms with Gasteiger partial charge in [-0.15, -0.1) is 0 Å². The zero-order chi connectivity index (χ0) is 17.5. The number of nitrogens with one attached hydrogen (secondary N) is 2. The molecular formula is C20H28N3O+. The van der Waals surface area contributed by atoms with Gasteiger partial charge in [-0.3, -0.25) is 4.79 Å². The summed E-state index contributed by atoms with van der Waals surface area (Å²) in [6.45, 7) is 3.97. The Kier molecular flexibility index (Phi) is 6.38. The van der Waals surface area contributed by atoms with Crippen molar-refractivity contribution in [3.63, 3.8) is 0 Å². The van der Waals surface area contributed by atoms with Gasteiger partial charge in [-0.25, -0.2) is 0 Å². The van der Waals surface area contributed by atoms with Gasteiger partial charge in [-0.05, 0) is 30.2 Å². The number of benzene rings is 2. The van der Waals surface area contributed by atoms with Crippen molar-refractivity contribution in [3.8, 4) is 0 Å². The Labute approximate surface area is 145 Å². The van der Waals surface area contributed by atoms with E-state index in [2.05, 4.69) is 53.5 Å². The smallest absolute Gasteiger partial charge is 0.275 e. The van der Waals surface area contributed by atoms with Gasteiger partial charge in [0.05, 0.1) is 7.05 Å². The van der Waals surface area contributed by atoms with Crippen LogP contribution in [-0.2, 0) is 17.9 Å². The predicted octanol–water partition coefficient (Wildman–Crippen LogP) is 1.39. The van der Waals surface area contributed by atoms with Crippen LogP contribution < -0.4 is 15.1 Å². The molecule has 0 spiro atoms. The van der Waals surface area contributed by atoms with Crippen molar-refractivity contribution < 1.29 is 9.69 Å². The quantitative estimate of drug-likeness (QED) is 0.807. The lowest BCUT2D eigenvalue weighted by Gasteiger charge is -2.16. The van der Waals surface area contributed by atoms with Gasteiger partial charge in [0.1, 0.15) is 6.54 Å². The summed E-state index contributed by atoms with van der Waals surface area (Å²) in [6, 6.07) is 16.6. The summed E-state index contributed by atoms with van der Waals surface area (Å²) in [7, 11) is 6.11. The molecule has 0 heterocycles. The van der Waals surface area contributed by atoms with Crippen molar-refractivity contribution in [2.24, 2.45) is 0 Å². The van der Waals surface area contributed by atoms with Crippen molar-refractivity contribution in [1.82, 2.24) is 5.32 Å². The first-order valence-corrected chi connectivity index (χ1v) is 8.34. The first kappa shape index (κ1) is 18.0. The van der Waals surface area contributed by atoms with Gasteiger partial charge in [-0.2, -0.15) is 0 Å². The molecule has 2 aromatic carbocycles. The molecule has 4 nitrogen and oxygen atoms in total. The minimum Gasteiger partial charge on any atom is -0.378 e. The second-order valence-corrected chi connectivity index (χ2v) is 6.57. The SMILES string of the molecule is Cc1ccccc1CNC(=O)C[NH+](C)Cc1ccc(N(C)C)cc1. The highest BCUT2D eigenvalue weighted by Crippen LogP contribution is 2.11. The average molecular weight is 326 g/mol. The third-order valence-electron chi connectivity index (χ3n) is 4.16. The second-order valence-electron chi connectivity index (χ2n) is 6.57. The number of carbonyl (C=O) groups excluding carboxylic acids is 1. The monoisotopic (exact) mass is 326 g/mol. The number of hydrogen-bond donors (Lipinski definition) is 2. The van der Waals surface area contributed by atoms with E-state index in [1.807, 2.05) is 33.3 Å². The Morgan fingerprint density at radius 3 is 2.38 bits per heavy atom. The lowest BCUT2D eigenvalue weighted by molar-refractivity contribution is -0.885. The molecule has 0 aromatic heterocycles. The zero-order valence-electron chi connectivity index (χ0n) is 15.1. The van der Waals surface area contributed by atoms with Crippen LogP contribution in [0.5, 0.6) is 0 Å². The van der Waals surface area contributed by atoms with Crippen LogP contribution in [0.1, 0.15) is 16.7 Å². The Balaban J connectivity index is 1.80. The van der Waals surface area contributed by atoms with Gasteiger partial charge in [0.25, 0.3) is 5.91 Å². The Morgan fingerprint density at radius 2 is 1.75 bits per heavy atom. The molecule has 128 valence electrons. The standard InChI is InChI=1S/C20H27N3O/c1-16-7-5-6-8-18(16)13-21-20(24)15-23(4)14-17-9-11-19(12-10-17)22(2)3/h5-12H,13-15H2,1-4H3,(H,21,24)/p+1. The molecule has 0 aliphatic heterocycles. The second kappa shape index (κ2) is 8.50. The van der Waals surface area contributed by atoms with E-state index >= 15 is 0 Å². The largest absolute Gasteiger partial charge is 0.378 e. The molecule has 0 aliphatic rings. The summed E-state index contributed by atoms with van der Waals surface area (Å²) in [4.78, 5) is 15.4. The van der Waals surface area contributed by atoms with E-state index in [-0.39, 0.29) is 5.91 Å². The first-order valence-electron chi connectivity index (χ1n) is 8.34. The van der Waals surface area contributed by atoms with Crippen molar-refractivity contribution in [2.75, 3.05) is 32.6 Å². The highest BCUT2D eigenvalue weighted by atomic mass is 16.2. The number of hydrogen-bond acceptors (Lipinski definition) is 2. The number of quaternary nitrogens is 1. The van der Waals surface area contributed by atoms with Crippen LogP contribution in [0.2, 0.25) is 0 Å². The normalized spacial score (nSPS) is 11.8. The van der Waals surface area contributed by atoms with Gasteiger partial charge in [0.15, 0.2) is 6.54 Å². The van der Waals surface area contributed by atoms with E-state index in [0.29, 0.717) is 13.1 Å². The number of aryl methyl sites for hydroxylation is 1. The van der Waals surface area contributed by atoms with Crippen LogP contribution in [0.3, 0.4) is 0 Å². The maximum absolute atomic E-state index is 12.1. The minimum atomic E-state index is 0.0839. The fraction of sp³-hybridized carbons (Fsp3) is 0.350. The summed E-state index contributed by atoms with van der Waals surface area (Å²) >= 11 is 0. The highest BCUT2D eigenvalue weighted by molar-refractivity contribution is 5.76. The van der Waals surface area contributed by atoms with E-state index in [4.69, 9.17) is 0 Å². The molecule has 2 aromatic rings. The van der Waals surface area contributed by atoms with E-state index < -0.39 is 0 Å². The molecule has 0 aliphatic carbocycles. The van der Waals surface area contributed by atoms with E-state index in [1.54, 1.807) is 0 Å². The summed E-state index contributed by atoms with van der Waals surface area (Å²) in [5.41, 5.74) is 4.81. The Hall–Kier alpha value is -2.33. The molecule has 0 fully saturated rings. The molecule has 0 radical (unpaired) electrons. The average Bonchev–Trinajstić information content (AvgIpc) is 2.54. The molecule has 0 saturated heterocycles. The van der Waals surface area contributed by atoms with Crippen molar-refractivity contribution >= 4 is 11.6 Å². The number of carbonyl (C=O) groups is 1. The molecule has 24 heavy (non-hydrogen) atoms. The molecule has 4 heteroatoms. The van der Waals surface area contributed by atoms with Crippen LogP contribution in [0.4, 0.5) is 5.69 Å². The highest BCUT2D eigenvalue weighted by Gasteiger charge is 2.11. The van der Waals surface area contributed by atoms with Crippen molar-refractivity contribution in [2.45, 2.75) is 20.0 Å². The maximum Gasteiger partial charge on any atom is 0.275 e. The Morgan fingerprint density at radius 1 is 1.08 bits per heavy atom. The van der Waals surface area contributed by atoms with Crippen LogP contribution in [0, 0.1) is 6.92 Å². The van der Waals surface area contributed by atoms with E-state index in [0.717, 1.165) is 6.54 Å². The van der Waals surface area contributed by atoms with Gasteiger partial charge < -0.3 is 15.1 Å².